The summed E-state index contributed by atoms with van der Waals surface area (Å²) in [6.45, 7) is 0. The van der Waals surface area contributed by atoms with Crippen molar-refractivity contribution in [1.82, 2.24) is 9.97 Å². The van der Waals surface area contributed by atoms with Gasteiger partial charge >= 0.3 is 0 Å². The summed E-state index contributed by atoms with van der Waals surface area (Å²) in [6.07, 6.45) is 3.72. The van der Waals surface area contributed by atoms with Crippen LogP contribution in [-0.2, 0) is 6.42 Å². The normalized spacial score (nSPS) is 10.4. The van der Waals surface area contributed by atoms with Crippen molar-refractivity contribution < 1.29 is 0 Å². The maximum absolute atomic E-state index is 6.05. The first-order valence-electron chi connectivity index (χ1n) is 4.65. The van der Waals surface area contributed by atoms with E-state index in [1.165, 1.54) is 0 Å². The first-order chi connectivity index (χ1) is 7.65. The van der Waals surface area contributed by atoms with Crippen molar-refractivity contribution in [3.05, 3.63) is 52.0 Å². The fourth-order valence-corrected chi connectivity index (χ4v) is 1.77. The van der Waals surface area contributed by atoms with Crippen molar-refractivity contribution in [2.75, 3.05) is 5.73 Å². The number of anilines is 1. The summed E-state index contributed by atoms with van der Waals surface area (Å²) in [4.78, 5) is 8.22. The van der Waals surface area contributed by atoms with E-state index in [1.54, 1.807) is 24.5 Å². The Hall–Kier alpha value is -1.32. The third-order valence-corrected chi connectivity index (χ3v) is 2.68. The Labute approximate surface area is 103 Å². The lowest BCUT2D eigenvalue weighted by molar-refractivity contribution is 0.971. The molecule has 0 atom stereocenters. The van der Waals surface area contributed by atoms with Crippen LogP contribution in [0.15, 0.2) is 30.6 Å². The molecule has 1 aromatic heterocycles. The van der Waals surface area contributed by atoms with Gasteiger partial charge in [-0.15, -0.1) is 0 Å². The molecule has 1 heterocycles. The van der Waals surface area contributed by atoms with Crippen LogP contribution in [-0.4, -0.2) is 9.97 Å². The second-order valence-electron chi connectivity index (χ2n) is 3.35. The van der Waals surface area contributed by atoms with Gasteiger partial charge in [0.05, 0.1) is 18.1 Å². The van der Waals surface area contributed by atoms with Gasteiger partial charge < -0.3 is 5.73 Å². The average molecular weight is 254 g/mol. The Morgan fingerprint density at radius 2 is 1.81 bits per heavy atom. The van der Waals surface area contributed by atoms with Gasteiger partial charge in [-0.25, -0.2) is 9.97 Å². The SMILES string of the molecule is Nc1cnc(Cc2ccc(Cl)cc2Cl)nc1. The third kappa shape index (κ3) is 2.62. The minimum absolute atomic E-state index is 0.547. The van der Waals surface area contributed by atoms with E-state index in [0.717, 1.165) is 5.56 Å². The minimum Gasteiger partial charge on any atom is -0.396 e. The van der Waals surface area contributed by atoms with Crippen molar-refractivity contribution in [2.45, 2.75) is 6.42 Å². The molecule has 0 spiro atoms. The standard InChI is InChI=1S/C11H9Cl2N3/c12-8-2-1-7(10(13)4-8)3-11-15-5-9(14)6-16-11/h1-2,4-6H,3,14H2. The maximum atomic E-state index is 6.05. The van der Waals surface area contributed by atoms with E-state index in [-0.39, 0.29) is 0 Å². The van der Waals surface area contributed by atoms with E-state index in [4.69, 9.17) is 28.9 Å². The Morgan fingerprint density at radius 1 is 1.12 bits per heavy atom. The Balaban J connectivity index is 2.23. The molecule has 0 saturated heterocycles. The lowest BCUT2D eigenvalue weighted by Gasteiger charge is -2.03. The van der Waals surface area contributed by atoms with Gasteiger partial charge in [0.2, 0.25) is 0 Å². The molecule has 0 bridgehead atoms. The maximum Gasteiger partial charge on any atom is 0.132 e. The van der Waals surface area contributed by atoms with Crippen LogP contribution in [0, 0.1) is 0 Å². The van der Waals surface area contributed by atoms with E-state index in [0.29, 0.717) is 28.0 Å². The van der Waals surface area contributed by atoms with E-state index < -0.39 is 0 Å². The smallest absolute Gasteiger partial charge is 0.132 e. The van der Waals surface area contributed by atoms with Crippen molar-refractivity contribution in [3.63, 3.8) is 0 Å². The molecule has 0 aliphatic carbocycles. The molecule has 0 fully saturated rings. The minimum atomic E-state index is 0.547. The first kappa shape index (κ1) is 11.2. The zero-order chi connectivity index (χ0) is 11.5. The van der Waals surface area contributed by atoms with Crippen LogP contribution in [0.25, 0.3) is 0 Å². The number of nitrogen functional groups attached to an aromatic ring is 1. The van der Waals surface area contributed by atoms with Gasteiger partial charge in [0.15, 0.2) is 0 Å². The second kappa shape index (κ2) is 4.68. The summed E-state index contributed by atoms with van der Waals surface area (Å²) < 4.78 is 0. The number of nitrogens with zero attached hydrogens (tertiary/aromatic N) is 2. The molecule has 0 unspecified atom stereocenters. The van der Waals surface area contributed by atoms with Gasteiger partial charge in [0, 0.05) is 16.5 Å². The number of hydrogen-bond donors (Lipinski definition) is 1. The number of aromatic nitrogens is 2. The second-order valence-corrected chi connectivity index (χ2v) is 4.19. The fraction of sp³-hybridized carbons (Fsp3) is 0.0909. The molecule has 5 heteroatoms. The molecule has 3 nitrogen and oxygen atoms in total. The van der Waals surface area contributed by atoms with Gasteiger partial charge in [-0.05, 0) is 17.7 Å². The van der Waals surface area contributed by atoms with Gasteiger partial charge in [-0.1, -0.05) is 29.3 Å². The van der Waals surface area contributed by atoms with Gasteiger partial charge in [0.25, 0.3) is 0 Å². The molecular formula is C11H9Cl2N3. The number of nitrogens with two attached hydrogens (primary N) is 1. The monoisotopic (exact) mass is 253 g/mol. The highest BCUT2D eigenvalue weighted by atomic mass is 35.5. The Bertz CT molecular complexity index is 497. The molecule has 1 aromatic carbocycles. The van der Waals surface area contributed by atoms with Crippen LogP contribution in [0.2, 0.25) is 10.0 Å². The number of rotatable bonds is 2. The highest BCUT2D eigenvalue weighted by Crippen LogP contribution is 2.22. The van der Waals surface area contributed by atoms with E-state index >= 15 is 0 Å². The van der Waals surface area contributed by atoms with E-state index in [2.05, 4.69) is 9.97 Å². The van der Waals surface area contributed by atoms with Gasteiger partial charge in [-0.3, -0.25) is 0 Å². The molecule has 2 aromatic rings. The summed E-state index contributed by atoms with van der Waals surface area (Å²) in [5.41, 5.74) is 6.99. The average Bonchev–Trinajstić information content (AvgIpc) is 2.25. The number of benzene rings is 1. The molecule has 0 aliphatic rings. The lowest BCUT2D eigenvalue weighted by atomic mass is 10.1. The Morgan fingerprint density at radius 3 is 2.44 bits per heavy atom. The highest BCUT2D eigenvalue weighted by molar-refractivity contribution is 6.35. The summed E-state index contributed by atoms with van der Waals surface area (Å²) >= 11 is 11.9. The lowest BCUT2D eigenvalue weighted by Crippen LogP contribution is -1.98. The largest absolute Gasteiger partial charge is 0.396 e. The van der Waals surface area contributed by atoms with Crippen LogP contribution >= 0.6 is 23.2 Å². The zero-order valence-electron chi connectivity index (χ0n) is 8.32. The van der Waals surface area contributed by atoms with Crippen LogP contribution in [0.3, 0.4) is 0 Å². The molecule has 82 valence electrons. The van der Waals surface area contributed by atoms with E-state index in [9.17, 15) is 0 Å². The summed E-state index contributed by atoms with van der Waals surface area (Å²) in [5.74, 6) is 0.679. The van der Waals surface area contributed by atoms with Crippen LogP contribution in [0.1, 0.15) is 11.4 Å². The molecule has 0 saturated carbocycles. The van der Waals surface area contributed by atoms with Crippen molar-refractivity contribution in [1.29, 1.82) is 0 Å². The fourth-order valence-electron chi connectivity index (χ4n) is 1.29. The molecule has 0 aliphatic heterocycles. The van der Waals surface area contributed by atoms with Crippen molar-refractivity contribution in [2.24, 2.45) is 0 Å². The van der Waals surface area contributed by atoms with E-state index in [1.807, 2.05) is 6.07 Å². The molecule has 16 heavy (non-hydrogen) atoms. The molecule has 2 rings (SSSR count). The van der Waals surface area contributed by atoms with Crippen LogP contribution in [0.4, 0.5) is 5.69 Å². The number of halogens is 2. The predicted molar refractivity (Wildman–Crippen MR) is 65.7 cm³/mol. The summed E-state index contributed by atoms with van der Waals surface area (Å²) in [7, 11) is 0. The first-order valence-corrected chi connectivity index (χ1v) is 5.41. The molecule has 0 radical (unpaired) electrons. The quantitative estimate of drug-likeness (QED) is 0.896. The van der Waals surface area contributed by atoms with Gasteiger partial charge in [-0.2, -0.15) is 0 Å². The topological polar surface area (TPSA) is 51.8 Å². The zero-order valence-corrected chi connectivity index (χ0v) is 9.83. The highest BCUT2D eigenvalue weighted by Gasteiger charge is 2.04. The molecule has 0 amide bonds. The molecule has 2 N–H and O–H groups in total. The van der Waals surface area contributed by atoms with Crippen LogP contribution in [0.5, 0.6) is 0 Å². The van der Waals surface area contributed by atoms with Crippen molar-refractivity contribution in [3.8, 4) is 0 Å². The number of hydrogen-bond acceptors (Lipinski definition) is 3. The molecular weight excluding hydrogens is 245 g/mol. The summed E-state index contributed by atoms with van der Waals surface area (Å²) in [5, 5.41) is 1.24. The predicted octanol–water partition coefficient (Wildman–Crippen LogP) is 2.96. The van der Waals surface area contributed by atoms with Crippen LogP contribution < -0.4 is 5.73 Å². The summed E-state index contributed by atoms with van der Waals surface area (Å²) in [6, 6.07) is 5.36. The Kier molecular flexibility index (Phi) is 3.27. The third-order valence-electron chi connectivity index (χ3n) is 2.09. The van der Waals surface area contributed by atoms with Crippen molar-refractivity contribution >= 4 is 28.9 Å². The van der Waals surface area contributed by atoms with Gasteiger partial charge in [0.1, 0.15) is 5.82 Å².